The van der Waals surface area contributed by atoms with Crippen molar-refractivity contribution in [2.45, 2.75) is 19.9 Å². The van der Waals surface area contributed by atoms with Crippen LogP contribution in [0.15, 0.2) is 24.4 Å². The molecule has 0 unspecified atom stereocenters. The monoisotopic (exact) mass is 294 g/mol. The number of nitrogens with two attached hydrogens (primary N) is 1. The standard InChI is InChI=1S/C14H16F2N4O/c1-9-13(8-18-20(9)4-2-3-17)14(21)19-12-6-10(15)5-11(16)7-12/h5-8H,2-4,17H2,1H3,(H,19,21). The molecule has 3 N–H and O–H groups in total. The van der Waals surface area contributed by atoms with Crippen LogP contribution in [-0.4, -0.2) is 22.2 Å². The van der Waals surface area contributed by atoms with Crippen LogP contribution in [0, 0.1) is 18.6 Å². The molecule has 0 aliphatic rings. The summed E-state index contributed by atoms with van der Waals surface area (Å²) in [5, 5.41) is 6.56. The molecule has 0 atom stereocenters. The van der Waals surface area contributed by atoms with Crippen LogP contribution >= 0.6 is 0 Å². The fourth-order valence-electron chi connectivity index (χ4n) is 1.96. The first-order valence-corrected chi connectivity index (χ1v) is 6.51. The van der Waals surface area contributed by atoms with Crippen molar-refractivity contribution in [1.82, 2.24) is 9.78 Å². The van der Waals surface area contributed by atoms with Gasteiger partial charge in [0.2, 0.25) is 0 Å². The summed E-state index contributed by atoms with van der Waals surface area (Å²) < 4.78 is 27.8. The molecule has 2 aromatic rings. The maximum Gasteiger partial charge on any atom is 0.259 e. The number of hydrogen-bond acceptors (Lipinski definition) is 3. The van der Waals surface area contributed by atoms with Gasteiger partial charge in [-0.25, -0.2) is 8.78 Å². The molecule has 0 radical (unpaired) electrons. The first kappa shape index (κ1) is 15.1. The van der Waals surface area contributed by atoms with E-state index in [1.807, 2.05) is 0 Å². The molecular weight excluding hydrogens is 278 g/mol. The summed E-state index contributed by atoms with van der Waals surface area (Å²) in [6.45, 7) is 2.90. The van der Waals surface area contributed by atoms with Crippen LogP contribution in [0.5, 0.6) is 0 Å². The van der Waals surface area contributed by atoms with E-state index >= 15 is 0 Å². The molecule has 0 spiro atoms. The lowest BCUT2D eigenvalue weighted by Gasteiger charge is -2.06. The van der Waals surface area contributed by atoms with Crippen LogP contribution in [0.3, 0.4) is 0 Å². The maximum atomic E-state index is 13.1. The summed E-state index contributed by atoms with van der Waals surface area (Å²) in [5.41, 5.74) is 6.53. The minimum absolute atomic E-state index is 0.0617. The Balaban J connectivity index is 2.15. The Morgan fingerprint density at radius 3 is 2.62 bits per heavy atom. The van der Waals surface area contributed by atoms with Crippen molar-refractivity contribution in [2.24, 2.45) is 5.73 Å². The number of anilines is 1. The minimum Gasteiger partial charge on any atom is -0.330 e. The SMILES string of the molecule is Cc1c(C(=O)Nc2cc(F)cc(F)c2)cnn1CCCN. The molecule has 1 amide bonds. The third-order valence-electron chi connectivity index (χ3n) is 3.04. The molecule has 0 bridgehead atoms. The number of rotatable bonds is 5. The molecule has 0 saturated heterocycles. The highest BCUT2D eigenvalue weighted by molar-refractivity contribution is 6.04. The summed E-state index contributed by atoms with van der Waals surface area (Å²) in [5.74, 6) is -1.96. The molecule has 0 fully saturated rings. The second-order valence-electron chi connectivity index (χ2n) is 4.62. The number of halogens is 2. The van der Waals surface area contributed by atoms with Crippen molar-refractivity contribution in [2.75, 3.05) is 11.9 Å². The lowest BCUT2D eigenvalue weighted by Crippen LogP contribution is -2.14. The van der Waals surface area contributed by atoms with Gasteiger partial charge in [-0.05, 0) is 32.0 Å². The van der Waals surface area contributed by atoms with Gasteiger partial charge in [-0.15, -0.1) is 0 Å². The van der Waals surface area contributed by atoms with Crippen molar-refractivity contribution in [3.05, 3.63) is 47.3 Å². The zero-order valence-electron chi connectivity index (χ0n) is 11.6. The molecule has 112 valence electrons. The molecular formula is C14H16F2N4O. The van der Waals surface area contributed by atoms with E-state index < -0.39 is 17.5 Å². The van der Waals surface area contributed by atoms with Crippen molar-refractivity contribution in [1.29, 1.82) is 0 Å². The van der Waals surface area contributed by atoms with Gasteiger partial charge in [-0.2, -0.15) is 5.10 Å². The molecule has 21 heavy (non-hydrogen) atoms. The van der Waals surface area contributed by atoms with E-state index in [0.717, 1.165) is 24.6 Å². The number of carbonyl (C=O) groups is 1. The summed E-state index contributed by atoms with van der Waals surface area (Å²) in [6, 6.07) is 2.84. The molecule has 0 aliphatic carbocycles. The number of amides is 1. The van der Waals surface area contributed by atoms with E-state index in [1.54, 1.807) is 11.6 Å². The zero-order valence-corrected chi connectivity index (χ0v) is 11.6. The predicted octanol–water partition coefficient (Wildman–Crippen LogP) is 2.07. The van der Waals surface area contributed by atoms with E-state index in [1.165, 1.54) is 6.20 Å². The van der Waals surface area contributed by atoms with Gasteiger partial charge in [0, 0.05) is 24.0 Å². The van der Waals surface area contributed by atoms with Gasteiger partial charge in [0.25, 0.3) is 5.91 Å². The number of nitrogens with zero attached hydrogens (tertiary/aromatic N) is 2. The first-order valence-electron chi connectivity index (χ1n) is 6.51. The highest BCUT2D eigenvalue weighted by atomic mass is 19.1. The normalized spacial score (nSPS) is 10.7. The van der Waals surface area contributed by atoms with Crippen molar-refractivity contribution in [3.63, 3.8) is 0 Å². The lowest BCUT2D eigenvalue weighted by molar-refractivity contribution is 0.102. The number of aryl methyl sites for hydroxylation is 1. The molecule has 7 heteroatoms. The smallest absolute Gasteiger partial charge is 0.259 e. The first-order chi connectivity index (χ1) is 10.0. The lowest BCUT2D eigenvalue weighted by atomic mass is 10.2. The number of nitrogens with one attached hydrogen (secondary N) is 1. The second-order valence-corrected chi connectivity index (χ2v) is 4.62. The average molecular weight is 294 g/mol. The predicted molar refractivity (Wildman–Crippen MR) is 74.9 cm³/mol. The van der Waals surface area contributed by atoms with Gasteiger partial charge in [-0.3, -0.25) is 9.48 Å². The maximum absolute atomic E-state index is 13.1. The fourth-order valence-corrected chi connectivity index (χ4v) is 1.96. The third-order valence-corrected chi connectivity index (χ3v) is 3.04. The van der Waals surface area contributed by atoms with Crippen molar-refractivity contribution < 1.29 is 13.6 Å². The van der Waals surface area contributed by atoms with Gasteiger partial charge in [0.15, 0.2) is 0 Å². The van der Waals surface area contributed by atoms with Crippen LogP contribution < -0.4 is 11.1 Å². The Bertz CT molecular complexity index is 634. The van der Waals surface area contributed by atoms with E-state index in [-0.39, 0.29) is 5.69 Å². The Labute approximate surface area is 120 Å². The Kier molecular flexibility index (Phi) is 4.64. The Morgan fingerprint density at radius 2 is 2.00 bits per heavy atom. The number of hydrogen-bond donors (Lipinski definition) is 2. The number of aromatic nitrogens is 2. The van der Waals surface area contributed by atoms with Gasteiger partial charge < -0.3 is 11.1 Å². The Morgan fingerprint density at radius 1 is 1.33 bits per heavy atom. The number of carbonyl (C=O) groups excluding carboxylic acids is 1. The van der Waals surface area contributed by atoms with Gasteiger partial charge in [0.1, 0.15) is 11.6 Å². The topological polar surface area (TPSA) is 72.9 Å². The van der Waals surface area contributed by atoms with Gasteiger partial charge in [-0.1, -0.05) is 0 Å². The number of benzene rings is 1. The summed E-state index contributed by atoms with van der Waals surface area (Å²) >= 11 is 0. The van der Waals surface area contributed by atoms with E-state index in [4.69, 9.17) is 5.73 Å². The van der Waals surface area contributed by atoms with Crippen LogP contribution in [0.1, 0.15) is 22.5 Å². The zero-order chi connectivity index (χ0) is 15.4. The molecule has 1 heterocycles. The van der Waals surface area contributed by atoms with Gasteiger partial charge >= 0.3 is 0 Å². The fraction of sp³-hybridized carbons (Fsp3) is 0.286. The summed E-state index contributed by atoms with van der Waals surface area (Å²) in [7, 11) is 0. The molecule has 2 rings (SSSR count). The summed E-state index contributed by atoms with van der Waals surface area (Å²) in [4.78, 5) is 12.1. The Hall–Kier alpha value is -2.28. The molecule has 5 nitrogen and oxygen atoms in total. The summed E-state index contributed by atoms with van der Waals surface area (Å²) in [6.07, 6.45) is 2.18. The highest BCUT2D eigenvalue weighted by Crippen LogP contribution is 2.15. The van der Waals surface area contributed by atoms with Crippen molar-refractivity contribution >= 4 is 11.6 Å². The van der Waals surface area contributed by atoms with E-state index in [9.17, 15) is 13.6 Å². The van der Waals surface area contributed by atoms with E-state index in [2.05, 4.69) is 10.4 Å². The minimum atomic E-state index is -0.749. The third kappa shape index (κ3) is 3.63. The van der Waals surface area contributed by atoms with Crippen LogP contribution in [0.4, 0.5) is 14.5 Å². The molecule has 0 saturated carbocycles. The van der Waals surface area contributed by atoms with E-state index in [0.29, 0.717) is 24.3 Å². The quantitative estimate of drug-likeness (QED) is 0.886. The van der Waals surface area contributed by atoms with Crippen LogP contribution in [0.2, 0.25) is 0 Å². The second kappa shape index (κ2) is 6.45. The highest BCUT2D eigenvalue weighted by Gasteiger charge is 2.14. The molecule has 1 aromatic heterocycles. The van der Waals surface area contributed by atoms with Crippen molar-refractivity contribution in [3.8, 4) is 0 Å². The van der Waals surface area contributed by atoms with Crippen LogP contribution in [-0.2, 0) is 6.54 Å². The largest absolute Gasteiger partial charge is 0.330 e. The van der Waals surface area contributed by atoms with Gasteiger partial charge in [0.05, 0.1) is 11.8 Å². The van der Waals surface area contributed by atoms with Crippen LogP contribution in [0.25, 0.3) is 0 Å². The molecule has 0 aliphatic heterocycles. The average Bonchev–Trinajstić information content (AvgIpc) is 2.76. The molecule has 1 aromatic carbocycles.